The molecule has 1 heterocycles. The molecule has 0 fully saturated rings. The van der Waals surface area contributed by atoms with E-state index in [0.29, 0.717) is 11.4 Å². The molecule has 0 bridgehead atoms. The minimum absolute atomic E-state index is 0.00675. The van der Waals surface area contributed by atoms with Crippen LogP contribution >= 0.6 is 0 Å². The molecule has 9 heteroatoms. The van der Waals surface area contributed by atoms with Crippen molar-refractivity contribution in [1.29, 1.82) is 0 Å². The van der Waals surface area contributed by atoms with Crippen molar-refractivity contribution in [3.63, 3.8) is 0 Å². The molecular weight excluding hydrogens is 390 g/mol. The third-order valence-electron chi connectivity index (χ3n) is 4.78. The minimum Gasteiger partial charge on any atom is -0.465 e. The summed E-state index contributed by atoms with van der Waals surface area (Å²) in [4.78, 5) is 51.3. The lowest BCUT2D eigenvalue weighted by atomic mass is 10.1. The number of fused-ring (bicyclic) bond motifs is 1. The highest BCUT2D eigenvalue weighted by Crippen LogP contribution is 2.36. The van der Waals surface area contributed by atoms with Crippen molar-refractivity contribution in [3.05, 3.63) is 64.2 Å². The quantitative estimate of drug-likeness (QED) is 0.425. The van der Waals surface area contributed by atoms with Crippen LogP contribution in [0.25, 0.3) is 0 Å². The fraction of sp³-hybridized carbons (Fsp3) is 0.286. The van der Waals surface area contributed by atoms with Crippen molar-refractivity contribution >= 4 is 34.8 Å². The van der Waals surface area contributed by atoms with Gasteiger partial charge in [-0.1, -0.05) is 12.1 Å². The molecular formula is C21H21N3O6. The monoisotopic (exact) mass is 411 g/mol. The minimum atomic E-state index is -0.538. The highest BCUT2D eigenvalue weighted by atomic mass is 16.6. The van der Waals surface area contributed by atoms with Crippen molar-refractivity contribution in [2.45, 2.75) is 26.3 Å². The number of esters is 1. The number of hydrogen-bond acceptors (Lipinski definition) is 6. The van der Waals surface area contributed by atoms with Gasteiger partial charge in [0.1, 0.15) is 6.54 Å². The molecule has 0 saturated carbocycles. The smallest absolute Gasteiger partial charge is 0.326 e. The summed E-state index contributed by atoms with van der Waals surface area (Å²) in [6.45, 7) is 3.37. The Labute approximate surface area is 173 Å². The van der Waals surface area contributed by atoms with E-state index < -0.39 is 22.8 Å². The van der Waals surface area contributed by atoms with Gasteiger partial charge in [-0.25, -0.2) is 0 Å². The van der Waals surface area contributed by atoms with E-state index in [0.717, 1.165) is 0 Å². The van der Waals surface area contributed by atoms with Crippen LogP contribution in [0.4, 0.5) is 17.1 Å². The second-order valence-corrected chi connectivity index (χ2v) is 6.81. The zero-order valence-electron chi connectivity index (χ0n) is 16.6. The predicted molar refractivity (Wildman–Crippen MR) is 109 cm³/mol. The fourth-order valence-electron chi connectivity index (χ4n) is 3.41. The van der Waals surface area contributed by atoms with E-state index in [9.17, 15) is 24.5 Å². The van der Waals surface area contributed by atoms with Crippen LogP contribution in [0.3, 0.4) is 0 Å². The van der Waals surface area contributed by atoms with Crippen LogP contribution in [0.15, 0.2) is 48.5 Å². The number of carbonyl (C=O) groups is 3. The van der Waals surface area contributed by atoms with E-state index in [1.54, 1.807) is 38.1 Å². The van der Waals surface area contributed by atoms with E-state index in [4.69, 9.17) is 4.74 Å². The molecule has 0 aliphatic carbocycles. The average Bonchev–Trinajstić information content (AvgIpc) is 2.82. The molecule has 2 aromatic carbocycles. The Balaban J connectivity index is 2.01. The number of para-hydroxylation sites is 2. The standard InChI is InChI=1S/C21H21N3O6/c1-3-30-20(26)13-22-17-6-4-5-7-18(17)23(14(2)12-19(22)25)21(27)15-8-10-16(11-9-15)24(28)29/h4-11,14H,3,12-13H2,1-2H3. The number of anilines is 2. The van der Waals surface area contributed by atoms with E-state index >= 15 is 0 Å². The Morgan fingerprint density at radius 1 is 1.13 bits per heavy atom. The second kappa shape index (κ2) is 8.73. The third-order valence-corrected chi connectivity index (χ3v) is 4.78. The summed E-state index contributed by atoms with van der Waals surface area (Å²) in [5.41, 5.74) is 1.04. The molecule has 30 heavy (non-hydrogen) atoms. The summed E-state index contributed by atoms with van der Waals surface area (Å²) >= 11 is 0. The van der Waals surface area contributed by atoms with Gasteiger partial charge in [0, 0.05) is 30.2 Å². The van der Waals surface area contributed by atoms with Crippen LogP contribution in [-0.4, -0.2) is 41.9 Å². The highest BCUT2D eigenvalue weighted by molar-refractivity contribution is 6.12. The van der Waals surface area contributed by atoms with Crippen LogP contribution < -0.4 is 9.80 Å². The average molecular weight is 411 g/mol. The predicted octanol–water partition coefficient (Wildman–Crippen LogP) is 2.93. The maximum Gasteiger partial charge on any atom is 0.326 e. The molecule has 2 aromatic rings. The first kappa shape index (κ1) is 21.0. The maximum absolute atomic E-state index is 13.3. The Kier molecular flexibility index (Phi) is 6.10. The van der Waals surface area contributed by atoms with Gasteiger partial charge in [-0.3, -0.25) is 29.4 Å². The SMILES string of the molecule is CCOC(=O)CN1C(=O)CC(C)N(C(=O)c2ccc([N+](=O)[O-])cc2)c2ccccc21. The number of carbonyl (C=O) groups excluding carboxylic acids is 3. The van der Waals surface area contributed by atoms with E-state index in [1.807, 2.05) is 0 Å². The van der Waals surface area contributed by atoms with Crippen molar-refractivity contribution in [2.75, 3.05) is 23.0 Å². The number of nitro groups is 1. The first-order valence-electron chi connectivity index (χ1n) is 9.46. The van der Waals surface area contributed by atoms with Gasteiger partial charge >= 0.3 is 5.97 Å². The maximum atomic E-state index is 13.3. The Morgan fingerprint density at radius 3 is 2.37 bits per heavy atom. The summed E-state index contributed by atoms with van der Waals surface area (Å²) in [6, 6.07) is 11.6. The van der Waals surface area contributed by atoms with Crippen molar-refractivity contribution in [3.8, 4) is 0 Å². The van der Waals surface area contributed by atoms with Crippen molar-refractivity contribution in [2.24, 2.45) is 0 Å². The zero-order chi connectivity index (χ0) is 21.8. The van der Waals surface area contributed by atoms with E-state index in [2.05, 4.69) is 0 Å². The molecule has 1 atom stereocenters. The number of benzene rings is 2. The lowest BCUT2D eigenvalue weighted by molar-refractivity contribution is -0.384. The number of amides is 2. The van der Waals surface area contributed by atoms with Gasteiger partial charge in [0.05, 0.1) is 22.9 Å². The summed E-state index contributed by atoms with van der Waals surface area (Å²) in [5.74, 6) is -1.24. The summed E-state index contributed by atoms with van der Waals surface area (Å²) in [7, 11) is 0. The van der Waals surface area contributed by atoms with Crippen LogP contribution in [0, 0.1) is 10.1 Å². The van der Waals surface area contributed by atoms with Crippen molar-refractivity contribution < 1.29 is 24.0 Å². The lowest BCUT2D eigenvalue weighted by Crippen LogP contribution is -2.40. The van der Waals surface area contributed by atoms with Gasteiger partial charge in [0.15, 0.2) is 0 Å². The van der Waals surface area contributed by atoms with Gasteiger partial charge < -0.3 is 9.64 Å². The first-order chi connectivity index (χ1) is 14.3. The van der Waals surface area contributed by atoms with Crippen LogP contribution in [0.5, 0.6) is 0 Å². The summed E-state index contributed by atoms with van der Waals surface area (Å²) < 4.78 is 4.98. The number of rotatable bonds is 5. The van der Waals surface area contributed by atoms with Gasteiger partial charge in [-0.05, 0) is 38.1 Å². The van der Waals surface area contributed by atoms with Gasteiger partial charge in [0.25, 0.3) is 11.6 Å². The molecule has 9 nitrogen and oxygen atoms in total. The number of non-ortho nitro benzene ring substituents is 1. The molecule has 2 amide bonds. The fourth-order valence-corrected chi connectivity index (χ4v) is 3.41. The summed E-state index contributed by atoms with van der Waals surface area (Å²) in [5, 5.41) is 10.9. The van der Waals surface area contributed by atoms with Crippen molar-refractivity contribution in [1.82, 2.24) is 0 Å². The second-order valence-electron chi connectivity index (χ2n) is 6.81. The molecule has 0 radical (unpaired) electrons. The van der Waals surface area contributed by atoms with Gasteiger partial charge in [0.2, 0.25) is 5.91 Å². The molecule has 0 spiro atoms. The normalized spacial score (nSPS) is 15.9. The van der Waals surface area contributed by atoms with Crippen LogP contribution in [-0.2, 0) is 14.3 Å². The number of nitrogens with zero attached hydrogens (tertiary/aromatic N) is 3. The Hall–Kier alpha value is -3.75. The first-order valence-corrected chi connectivity index (χ1v) is 9.46. The molecule has 1 unspecified atom stereocenters. The zero-order valence-corrected chi connectivity index (χ0v) is 16.6. The van der Waals surface area contributed by atoms with E-state index in [-0.39, 0.29) is 36.7 Å². The Bertz CT molecular complexity index is 988. The number of nitro benzene ring substituents is 1. The molecule has 3 rings (SSSR count). The van der Waals surface area contributed by atoms with Gasteiger partial charge in [-0.2, -0.15) is 0 Å². The lowest BCUT2D eigenvalue weighted by Gasteiger charge is -2.28. The molecule has 1 aliphatic heterocycles. The van der Waals surface area contributed by atoms with E-state index in [1.165, 1.54) is 34.1 Å². The molecule has 0 aromatic heterocycles. The number of hydrogen-bond donors (Lipinski definition) is 0. The van der Waals surface area contributed by atoms with Gasteiger partial charge in [-0.15, -0.1) is 0 Å². The molecule has 0 N–H and O–H groups in total. The van der Waals surface area contributed by atoms with Crippen LogP contribution in [0.1, 0.15) is 30.6 Å². The molecule has 156 valence electrons. The third kappa shape index (κ3) is 4.14. The van der Waals surface area contributed by atoms with Crippen LogP contribution in [0.2, 0.25) is 0 Å². The topological polar surface area (TPSA) is 110 Å². The molecule has 1 aliphatic rings. The highest BCUT2D eigenvalue weighted by Gasteiger charge is 2.35. The largest absolute Gasteiger partial charge is 0.465 e. The Morgan fingerprint density at radius 2 is 1.77 bits per heavy atom. The number of ether oxygens (including phenoxy) is 1. The summed E-state index contributed by atoms with van der Waals surface area (Å²) in [6.07, 6.45) is 0.00675. The molecule has 0 saturated heterocycles.